The predicted molar refractivity (Wildman–Crippen MR) is 144 cm³/mol. The zero-order valence-electron chi connectivity index (χ0n) is 20.6. The Balaban J connectivity index is 1.60. The molecule has 6 nitrogen and oxygen atoms in total. The average molecular weight is 500 g/mol. The Morgan fingerprint density at radius 3 is 2.58 bits per heavy atom. The van der Waals surface area contributed by atoms with E-state index in [0.717, 1.165) is 32.4 Å². The first-order valence-corrected chi connectivity index (χ1v) is 13.2. The molecule has 0 radical (unpaired) electrons. The van der Waals surface area contributed by atoms with E-state index in [2.05, 4.69) is 19.1 Å². The van der Waals surface area contributed by atoms with Gasteiger partial charge in [-0.25, -0.2) is 4.98 Å². The number of hydrogen-bond acceptors (Lipinski definition) is 5. The van der Waals surface area contributed by atoms with Gasteiger partial charge >= 0.3 is 0 Å². The van der Waals surface area contributed by atoms with E-state index in [0.29, 0.717) is 38.8 Å². The standard InChI is InChI=1S/C29H29N3O3S/c1-20-9-4-5-10-22(20)19-36-29-30-26-17-21(27(33)31-15-6-3-7-16-31)13-14-25(26)28(34)32(29)23-11-8-12-24(18-23)35-2/h4-5,8-14,17-18H,3,6-7,15-16,19H2,1-2H3. The highest BCUT2D eigenvalue weighted by Gasteiger charge is 2.20. The van der Waals surface area contributed by atoms with Crippen molar-refractivity contribution in [3.8, 4) is 11.4 Å². The molecule has 1 aromatic heterocycles. The van der Waals surface area contributed by atoms with Gasteiger partial charge in [-0.1, -0.05) is 42.1 Å². The summed E-state index contributed by atoms with van der Waals surface area (Å²) in [5.41, 5.74) is 4.00. The molecular formula is C29H29N3O3S. The first-order valence-electron chi connectivity index (χ1n) is 12.2. The minimum atomic E-state index is -0.169. The van der Waals surface area contributed by atoms with Gasteiger partial charge in [-0.15, -0.1) is 0 Å². The molecular weight excluding hydrogens is 470 g/mol. The van der Waals surface area contributed by atoms with Crippen LogP contribution in [0.5, 0.6) is 5.75 Å². The fraction of sp³-hybridized carbons (Fsp3) is 0.276. The number of nitrogens with zero attached hydrogens (tertiary/aromatic N) is 3. The molecule has 0 atom stereocenters. The van der Waals surface area contributed by atoms with E-state index >= 15 is 0 Å². The number of hydrogen-bond donors (Lipinski definition) is 0. The monoisotopic (exact) mass is 499 g/mol. The number of aryl methyl sites for hydroxylation is 1. The largest absolute Gasteiger partial charge is 0.497 e. The highest BCUT2D eigenvalue weighted by molar-refractivity contribution is 7.98. The van der Waals surface area contributed by atoms with Crippen LogP contribution in [0.15, 0.2) is 76.7 Å². The van der Waals surface area contributed by atoms with Gasteiger partial charge in [0.25, 0.3) is 11.5 Å². The third-order valence-corrected chi connectivity index (χ3v) is 7.65. The van der Waals surface area contributed by atoms with Crippen molar-refractivity contribution >= 4 is 28.6 Å². The summed E-state index contributed by atoms with van der Waals surface area (Å²) in [6.45, 7) is 3.63. The molecule has 1 amide bonds. The molecule has 0 aliphatic carbocycles. The Morgan fingerprint density at radius 2 is 1.81 bits per heavy atom. The molecule has 4 aromatic rings. The van der Waals surface area contributed by atoms with E-state index in [1.165, 1.54) is 22.9 Å². The fourth-order valence-corrected chi connectivity index (χ4v) is 5.66. The zero-order chi connectivity index (χ0) is 25.1. The normalized spacial score (nSPS) is 13.7. The molecule has 5 rings (SSSR count). The fourth-order valence-electron chi connectivity index (χ4n) is 4.57. The van der Waals surface area contributed by atoms with Crippen molar-refractivity contribution in [1.82, 2.24) is 14.5 Å². The summed E-state index contributed by atoms with van der Waals surface area (Å²) in [6.07, 6.45) is 3.22. The van der Waals surface area contributed by atoms with E-state index in [9.17, 15) is 9.59 Å². The molecule has 3 aromatic carbocycles. The van der Waals surface area contributed by atoms with E-state index in [1.54, 1.807) is 29.9 Å². The summed E-state index contributed by atoms with van der Waals surface area (Å²) >= 11 is 1.51. The summed E-state index contributed by atoms with van der Waals surface area (Å²) in [4.78, 5) is 33.7. The number of likely N-dealkylation sites (tertiary alicyclic amines) is 1. The lowest BCUT2D eigenvalue weighted by Gasteiger charge is -2.26. The van der Waals surface area contributed by atoms with E-state index in [1.807, 2.05) is 41.3 Å². The van der Waals surface area contributed by atoms with Crippen molar-refractivity contribution in [1.29, 1.82) is 0 Å². The molecule has 1 saturated heterocycles. The van der Waals surface area contributed by atoms with Gasteiger partial charge in [0.2, 0.25) is 0 Å². The second kappa shape index (κ2) is 10.6. The molecule has 1 aliphatic heterocycles. The highest BCUT2D eigenvalue weighted by atomic mass is 32.2. The summed E-state index contributed by atoms with van der Waals surface area (Å²) in [5.74, 6) is 1.34. The molecule has 0 bridgehead atoms. The highest BCUT2D eigenvalue weighted by Crippen LogP contribution is 2.27. The van der Waals surface area contributed by atoms with Crippen LogP contribution in [0.1, 0.15) is 40.7 Å². The van der Waals surface area contributed by atoms with Crippen LogP contribution < -0.4 is 10.3 Å². The summed E-state index contributed by atoms with van der Waals surface area (Å²) in [6, 6.07) is 20.9. The zero-order valence-corrected chi connectivity index (χ0v) is 21.4. The summed E-state index contributed by atoms with van der Waals surface area (Å²) in [7, 11) is 1.61. The van der Waals surface area contributed by atoms with Crippen molar-refractivity contribution < 1.29 is 9.53 Å². The SMILES string of the molecule is COc1cccc(-n2c(SCc3ccccc3C)nc3cc(C(=O)N4CCCCC4)ccc3c2=O)c1. The maximum atomic E-state index is 13.8. The van der Waals surface area contributed by atoms with Gasteiger partial charge in [0, 0.05) is 30.5 Å². The molecule has 1 fully saturated rings. The number of aromatic nitrogens is 2. The number of ether oxygens (including phenoxy) is 1. The van der Waals surface area contributed by atoms with Crippen LogP contribution in [0, 0.1) is 6.92 Å². The van der Waals surface area contributed by atoms with Crippen LogP contribution in [0.25, 0.3) is 16.6 Å². The minimum Gasteiger partial charge on any atom is -0.497 e. The van der Waals surface area contributed by atoms with Gasteiger partial charge in [-0.3, -0.25) is 14.2 Å². The van der Waals surface area contributed by atoms with Gasteiger partial charge in [0.05, 0.1) is 23.7 Å². The maximum Gasteiger partial charge on any atom is 0.266 e. The van der Waals surface area contributed by atoms with E-state index in [4.69, 9.17) is 9.72 Å². The van der Waals surface area contributed by atoms with E-state index in [-0.39, 0.29) is 11.5 Å². The lowest BCUT2D eigenvalue weighted by molar-refractivity contribution is 0.0724. The van der Waals surface area contributed by atoms with Crippen LogP contribution in [0.2, 0.25) is 0 Å². The second-order valence-electron chi connectivity index (χ2n) is 9.04. The Kier molecular flexibility index (Phi) is 7.09. The number of carbonyl (C=O) groups excluding carboxylic acids is 1. The Morgan fingerprint density at radius 1 is 1.00 bits per heavy atom. The lowest BCUT2D eigenvalue weighted by atomic mass is 10.1. The number of piperidine rings is 1. The van der Waals surface area contributed by atoms with Crippen molar-refractivity contribution in [2.75, 3.05) is 20.2 Å². The lowest BCUT2D eigenvalue weighted by Crippen LogP contribution is -2.35. The predicted octanol–water partition coefficient (Wildman–Crippen LogP) is 5.62. The minimum absolute atomic E-state index is 0.00416. The van der Waals surface area contributed by atoms with Crippen LogP contribution in [-0.2, 0) is 5.75 Å². The quantitative estimate of drug-likeness (QED) is 0.254. The van der Waals surface area contributed by atoms with Crippen LogP contribution >= 0.6 is 11.8 Å². The first kappa shape index (κ1) is 24.1. The van der Waals surface area contributed by atoms with Crippen LogP contribution in [0.3, 0.4) is 0 Å². The molecule has 0 saturated carbocycles. The van der Waals surface area contributed by atoms with Gasteiger partial charge in [-0.05, 0) is 67.6 Å². The number of rotatable bonds is 6. The average Bonchev–Trinajstić information content (AvgIpc) is 2.92. The smallest absolute Gasteiger partial charge is 0.266 e. The number of carbonyl (C=O) groups is 1. The van der Waals surface area contributed by atoms with Gasteiger partial charge in [0.15, 0.2) is 5.16 Å². The Bertz CT molecular complexity index is 1470. The number of benzene rings is 3. The van der Waals surface area contributed by atoms with Crippen LogP contribution in [-0.4, -0.2) is 40.6 Å². The third kappa shape index (κ3) is 4.88. The van der Waals surface area contributed by atoms with Crippen molar-refractivity contribution in [3.63, 3.8) is 0 Å². The molecule has 1 aliphatic rings. The number of thioether (sulfide) groups is 1. The Hall–Kier alpha value is -3.58. The third-order valence-electron chi connectivity index (χ3n) is 6.66. The second-order valence-corrected chi connectivity index (χ2v) is 9.98. The summed E-state index contributed by atoms with van der Waals surface area (Å²) < 4.78 is 7.04. The first-order chi connectivity index (χ1) is 17.5. The molecule has 36 heavy (non-hydrogen) atoms. The Labute approximate surface area is 214 Å². The van der Waals surface area contributed by atoms with Crippen molar-refractivity contribution in [3.05, 3.63) is 93.8 Å². The van der Waals surface area contributed by atoms with Gasteiger partial charge in [0.1, 0.15) is 5.75 Å². The van der Waals surface area contributed by atoms with E-state index < -0.39 is 0 Å². The molecule has 0 spiro atoms. The molecule has 184 valence electrons. The van der Waals surface area contributed by atoms with Crippen molar-refractivity contribution in [2.24, 2.45) is 0 Å². The van der Waals surface area contributed by atoms with Crippen molar-refractivity contribution in [2.45, 2.75) is 37.1 Å². The summed E-state index contributed by atoms with van der Waals surface area (Å²) in [5, 5.41) is 1.06. The number of amides is 1. The molecule has 0 N–H and O–H groups in total. The maximum absolute atomic E-state index is 13.8. The molecule has 2 heterocycles. The number of fused-ring (bicyclic) bond motifs is 1. The molecule has 7 heteroatoms. The van der Waals surface area contributed by atoms with Crippen LogP contribution in [0.4, 0.5) is 0 Å². The topological polar surface area (TPSA) is 64.4 Å². The molecule has 0 unspecified atom stereocenters. The van der Waals surface area contributed by atoms with Gasteiger partial charge < -0.3 is 9.64 Å². The number of methoxy groups -OCH3 is 1. The van der Waals surface area contributed by atoms with Gasteiger partial charge in [-0.2, -0.15) is 0 Å².